The maximum absolute atomic E-state index is 14.0. The van der Waals surface area contributed by atoms with Crippen LogP contribution >= 0.6 is 0 Å². The number of piperidine rings is 1. The Labute approximate surface area is 153 Å². The van der Waals surface area contributed by atoms with Gasteiger partial charge >= 0.3 is 6.36 Å². The predicted molar refractivity (Wildman–Crippen MR) is 89.6 cm³/mol. The molecule has 3 nitrogen and oxygen atoms in total. The first-order valence-electron chi connectivity index (χ1n) is 8.50. The zero-order valence-corrected chi connectivity index (χ0v) is 14.3. The van der Waals surface area contributed by atoms with Crippen LogP contribution in [0.5, 0.6) is 11.5 Å². The molecule has 0 saturated carbocycles. The maximum Gasteiger partial charge on any atom is 0.573 e. The molecule has 1 N–H and O–H groups in total. The van der Waals surface area contributed by atoms with Gasteiger partial charge in [0.2, 0.25) is 0 Å². The standard InChI is InChI=1S/C19H18F5NO2/c20-14-2-3-15(16(21)10-14)13-1-4-17(27-19(22,23)24)18(9-13)26-11-12-5-7-25-8-6-12/h1-4,9-10,12,25H,5-8,11H2. The van der Waals surface area contributed by atoms with Crippen LogP contribution in [0, 0.1) is 17.6 Å². The Morgan fingerprint density at radius 3 is 2.37 bits per heavy atom. The summed E-state index contributed by atoms with van der Waals surface area (Å²) in [5.41, 5.74) is 0.323. The molecule has 0 spiro atoms. The van der Waals surface area contributed by atoms with Gasteiger partial charge in [-0.15, -0.1) is 13.2 Å². The summed E-state index contributed by atoms with van der Waals surface area (Å²) in [6, 6.07) is 6.64. The zero-order valence-electron chi connectivity index (χ0n) is 14.3. The predicted octanol–water partition coefficient (Wildman–Crippen LogP) is 4.91. The van der Waals surface area contributed by atoms with Gasteiger partial charge in [0.05, 0.1) is 6.61 Å². The van der Waals surface area contributed by atoms with Gasteiger partial charge in [-0.2, -0.15) is 0 Å². The van der Waals surface area contributed by atoms with Crippen LogP contribution in [0.1, 0.15) is 12.8 Å². The number of rotatable bonds is 5. The van der Waals surface area contributed by atoms with Crippen molar-refractivity contribution >= 4 is 0 Å². The average molecular weight is 387 g/mol. The van der Waals surface area contributed by atoms with Gasteiger partial charge < -0.3 is 14.8 Å². The molecular formula is C19H18F5NO2. The fraction of sp³-hybridized carbons (Fsp3) is 0.368. The fourth-order valence-electron chi connectivity index (χ4n) is 2.98. The van der Waals surface area contributed by atoms with Crippen LogP contribution in [0.15, 0.2) is 36.4 Å². The van der Waals surface area contributed by atoms with Crippen molar-refractivity contribution in [3.05, 3.63) is 48.0 Å². The summed E-state index contributed by atoms with van der Waals surface area (Å²) in [5.74, 6) is -1.98. The van der Waals surface area contributed by atoms with Crippen LogP contribution in [-0.4, -0.2) is 26.1 Å². The van der Waals surface area contributed by atoms with Crippen LogP contribution < -0.4 is 14.8 Å². The van der Waals surface area contributed by atoms with Gasteiger partial charge in [-0.05, 0) is 61.7 Å². The summed E-state index contributed by atoms with van der Waals surface area (Å²) >= 11 is 0. The van der Waals surface area contributed by atoms with E-state index in [-0.39, 0.29) is 29.4 Å². The van der Waals surface area contributed by atoms with Crippen LogP contribution in [0.25, 0.3) is 11.1 Å². The van der Waals surface area contributed by atoms with E-state index in [1.807, 2.05) is 0 Å². The third kappa shape index (κ3) is 5.32. The molecule has 2 aromatic rings. The summed E-state index contributed by atoms with van der Waals surface area (Å²) in [5, 5.41) is 3.20. The number of alkyl halides is 3. The number of hydrogen-bond donors (Lipinski definition) is 1. The smallest absolute Gasteiger partial charge is 0.489 e. The summed E-state index contributed by atoms with van der Waals surface area (Å²) in [7, 11) is 0. The van der Waals surface area contributed by atoms with E-state index in [0.29, 0.717) is 6.07 Å². The molecule has 0 atom stereocenters. The highest BCUT2D eigenvalue weighted by Gasteiger charge is 2.32. The first-order chi connectivity index (χ1) is 12.8. The number of nitrogens with one attached hydrogen (secondary N) is 1. The maximum atomic E-state index is 14.0. The monoisotopic (exact) mass is 387 g/mol. The molecule has 0 unspecified atom stereocenters. The second kappa shape index (κ2) is 8.12. The lowest BCUT2D eigenvalue weighted by atomic mass is 9.99. The second-order valence-corrected chi connectivity index (χ2v) is 6.34. The molecule has 2 aromatic carbocycles. The summed E-state index contributed by atoms with van der Waals surface area (Å²) in [6.45, 7) is 1.87. The van der Waals surface area contributed by atoms with Crippen molar-refractivity contribution in [2.45, 2.75) is 19.2 Å². The molecule has 1 aliphatic heterocycles. The molecule has 1 heterocycles. The number of halogens is 5. The topological polar surface area (TPSA) is 30.5 Å². The Kier molecular flexibility index (Phi) is 5.84. The quantitative estimate of drug-likeness (QED) is 0.740. The summed E-state index contributed by atoms with van der Waals surface area (Å²) in [4.78, 5) is 0. The average Bonchev–Trinajstić information content (AvgIpc) is 2.61. The SMILES string of the molecule is Fc1ccc(-c2ccc(OC(F)(F)F)c(OCC3CCNCC3)c2)c(F)c1. The van der Waals surface area contributed by atoms with E-state index >= 15 is 0 Å². The minimum atomic E-state index is -4.88. The number of hydrogen-bond acceptors (Lipinski definition) is 3. The first-order valence-corrected chi connectivity index (χ1v) is 8.50. The molecule has 0 aliphatic carbocycles. The molecule has 0 amide bonds. The van der Waals surface area contributed by atoms with Crippen LogP contribution in [-0.2, 0) is 0 Å². The highest BCUT2D eigenvalue weighted by atomic mass is 19.4. The van der Waals surface area contributed by atoms with Crippen molar-refractivity contribution in [1.29, 1.82) is 0 Å². The Hall–Kier alpha value is -2.35. The van der Waals surface area contributed by atoms with Crippen molar-refractivity contribution in [1.82, 2.24) is 5.32 Å². The molecule has 0 aromatic heterocycles. The summed E-state index contributed by atoms with van der Waals surface area (Å²) in [6.07, 6.45) is -3.18. The van der Waals surface area contributed by atoms with Gasteiger partial charge in [-0.1, -0.05) is 6.07 Å². The molecule has 1 saturated heterocycles. The second-order valence-electron chi connectivity index (χ2n) is 6.34. The minimum Gasteiger partial charge on any atom is -0.489 e. The molecular weight excluding hydrogens is 369 g/mol. The molecule has 3 rings (SSSR count). The van der Waals surface area contributed by atoms with Crippen molar-refractivity contribution in [3.8, 4) is 22.6 Å². The highest BCUT2D eigenvalue weighted by Crippen LogP contribution is 2.37. The third-order valence-electron chi connectivity index (χ3n) is 4.34. The molecule has 8 heteroatoms. The molecule has 0 radical (unpaired) electrons. The van der Waals surface area contributed by atoms with Crippen molar-refractivity contribution in [2.24, 2.45) is 5.92 Å². The highest BCUT2D eigenvalue weighted by molar-refractivity contribution is 5.67. The third-order valence-corrected chi connectivity index (χ3v) is 4.34. The first kappa shape index (κ1) is 19.4. The van der Waals surface area contributed by atoms with Crippen LogP contribution in [0.3, 0.4) is 0 Å². The van der Waals surface area contributed by atoms with Gasteiger partial charge in [0.25, 0.3) is 0 Å². The lowest BCUT2D eigenvalue weighted by Gasteiger charge is -2.23. The van der Waals surface area contributed by atoms with Gasteiger partial charge in [0, 0.05) is 11.6 Å². The number of ether oxygens (including phenoxy) is 2. The molecule has 27 heavy (non-hydrogen) atoms. The van der Waals surface area contributed by atoms with E-state index < -0.39 is 23.7 Å². The van der Waals surface area contributed by atoms with Crippen LogP contribution in [0.2, 0.25) is 0 Å². The zero-order chi connectivity index (χ0) is 19.4. The van der Waals surface area contributed by atoms with E-state index in [1.54, 1.807) is 0 Å². The van der Waals surface area contributed by atoms with Crippen LogP contribution in [0.4, 0.5) is 22.0 Å². The van der Waals surface area contributed by atoms with E-state index in [1.165, 1.54) is 18.2 Å². The van der Waals surface area contributed by atoms with E-state index in [0.717, 1.165) is 38.1 Å². The van der Waals surface area contributed by atoms with Crippen molar-refractivity contribution in [3.63, 3.8) is 0 Å². The van der Waals surface area contributed by atoms with Gasteiger partial charge in [0.15, 0.2) is 11.5 Å². The van der Waals surface area contributed by atoms with Gasteiger partial charge in [0.1, 0.15) is 11.6 Å². The molecule has 146 valence electrons. The Balaban J connectivity index is 1.88. The summed E-state index contributed by atoms with van der Waals surface area (Å²) < 4.78 is 74.7. The minimum absolute atomic E-state index is 0.0571. The Morgan fingerprint density at radius 1 is 0.963 bits per heavy atom. The van der Waals surface area contributed by atoms with E-state index in [9.17, 15) is 22.0 Å². The molecule has 0 bridgehead atoms. The molecule has 1 aliphatic rings. The fourth-order valence-corrected chi connectivity index (χ4v) is 2.98. The van der Waals surface area contributed by atoms with E-state index in [4.69, 9.17) is 4.74 Å². The lowest BCUT2D eigenvalue weighted by molar-refractivity contribution is -0.275. The Bertz CT molecular complexity index is 788. The largest absolute Gasteiger partial charge is 0.573 e. The number of benzene rings is 2. The van der Waals surface area contributed by atoms with Gasteiger partial charge in [-0.3, -0.25) is 0 Å². The van der Waals surface area contributed by atoms with Gasteiger partial charge in [-0.25, -0.2) is 8.78 Å². The Morgan fingerprint density at radius 2 is 1.70 bits per heavy atom. The van der Waals surface area contributed by atoms with Crippen molar-refractivity contribution < 1.29 is 31.4 Å². The van der Waals surface area contributed by atoms with E-state index in [2.05, 4.69) is 10.1 Å². The van der Waals surface area contributed by atoms with Crippen molar-refractivity contribution in [2.75, 3.05) is 19.7 Å². The normalized spacial score (nSPS) is 15.6. The molecule has 1 fully saturated rings. The lowest BCUT2D eigenvalue weighted by Crippen LogP contribution is -2.30.